The van der Waals surface area contributed by atoms with E-state index in [9.17, 15) is 14.5 Å². The maximum absolute atomic E-state index is 13.9. The Kier molecular flexibility index (Phi) is 5.61. The zero-order valence-corrected chi connectivity index (χ0v) is 17.2. The molecule has 1 aromatic carbocycles. The molecule has 0 bridgehead atoms. The molecule has 10 nitrogen and oxygen atoms in total. The second-order valence-electron chi connectivity index (χ2n) is 5.98. The van der Waals surface area contributed by atoms with Crippen molar-refractivity contribution in [1.29, 1.82) is 0 Å². The molecule has 0 aliphatic carbocycles. The normalized spacial score (nSPS) is 11.0. The van der Waals surface area contributed by atoms with Gasteiger partial charge in [0.25, 0.3) is 0 Å². The highest BCUT2D eigenvalue weighted by atomic mass is 35.5. The van der Waals surface area contributed by atoms with Crippen molar-refractivity contribution in [3.63, 3.8) is 0 Å². The summed E-state index contributed by atoms with van der Waals surface area (Å²) in [7, 11) is 0. The Morgan fingerprint density at radius 2 is 1.97 bits per heavy atom. The van der Waals surface area contributed by atoms with E-state index in [1.165, 1.54) is 28.3 Å². The number of aromatic nitrogens is 6. The molecule has 1 N–H and O–H groups in total. The highest BCUT2D eigenvalue weighted by molar-refractivity contribution is 7.15. The Morgan fingerprint density at radius 1 is 1.13 bits per heavy atom. The fraction of sp³-hybridized carbons (Fsp3) is 0.125. The first-order chi connectivity index (χ1) is 14.4. The van der Waals surface area contributed by atoms with Gasteiger partial charge in [0, 0.05) is 22.8 Å². The molecule has 0 spiro atoms. The van der Waals surface area contributed by atoms with Gasteiger partial charge in [-0.05, 0) is 17.1 Å². The molecule has 0 aliphatic heterocycles. The molecule has 0 fully saturated rings. The summed E-state index contributed by atoms with van der Waals surface area (Å²) in [6.45, 7) is 0.348. The maximum Gasteiger partial charge on any atom is 0.408 e. The number of benzene rings is 1. The summed E-state index contributed by atoms with van der Waals surface area (Å²) in [5.41, 5.74) is 0.346. The van der Waals surface area contributed by atoms with Crippen molar-refractivity contribution in [1.82, 2.24) is 29.8 Å². The SMILES string of the molecule is O=[N+]([O-])c1nn(Cc2nnc(Nc3ccn(Cc4c(F)cccc4Cl)n3)s2)cc1Cl. The Balaban J connectivity index is 1.42. The van der Waals surface area contributed by atoms with Crippen LogP contribution in [0.15, 0.2) is 36.7 Å². The van der Waals surface area contributed by atoms with Crippen LogP contribution in [-0.2, 0) is 13.1 Å². The van der Waals surface area contributed by atoms with Crippen molar-refractivity contribution < 1.29 is 9.31 Å². The zero-order chi connectivity index (χ0) is 21.3. The van der Waals surface area contributed by atoms with Crippen LogP contribution in [-0.4, -0.2) is 34.7 Å². The molecule has 0 saturated carbocycles. The molecule has 0 radical (unpaired) electrons. The van der Waals surface area contributed by atoms with Gasteiger partial charge < -0.3 is 15.4 Å². The standard InChI is InChI=1S/C16H11Cl2FN8O2S/c17-10-2-1-3-12(19)9(10)6-25-5-4-13(23-25)20-16-22-21-14(30-16)8-26-7-11(18)15(24-26)27(28)29/h1-5,7H,6,8H2,(H,20,22,23). The number of hydrogen-bond acceptors (Lipinski definition) is 8. The van der Waals surface area contributed by atoms with Gasteiger partial charge in [-0.3, -0.25) is 4.68 Å². The number of halogens is 3. The van der Waals surface area contributed by atoms with Gasteiger partial charge in [0.05, 0.1) is 17.8 Å². The number of hydrogen-bond donors (Lipinski definition) is 1. The molecule has 0 unspecified atom stereocenters. The van der Waals surface area contributed by atoms with Crippen LogP contribution in [0, 0.1) is 15.9 Å². The average molecular weight is 469 g/mol. The van der Waals surface area contributed by atoms with E-state index in [0.29, 0.717) is 26.5 Å². The van der Waals surface area contributed by atoms with Gasteiger partial charge in [-0.25, -0.2) is 4.39 Å². The Labute approximate surface area is 182 Å². The van der Waals surface area contributed by atoms with Gasteiger partial charge in [0.15, 0.2) is 10.8 Å². The predicted molar refractivity (Wildman–Crippen MR) is 109 cm³/mol. The third-order valence-corrected chi connectivity index (χ3v) is 5.34. The van der Waals surface area contributed by atoms with Crippen LogP contribution in [0.2, 0.25) is 10.0 Å². The van der Waals surface area contributed by atoms with Crippen LogP contribution in [0.3, 0.4) is 0 Å². The van der Waals surface area contributed by atoms with Gasteiger partial charge in [0.1, 0.15) is 17.4 Å². The second-order valence-corrected chi connectivity index (χ2v) is 7.86. The Hall–Kier alpha value is -3.09. The summed E-state index contributed by atoms with van der Waals surface area (Å²) in [5, 5.41) is 31.3. The van der Waals surface area contributed by atoms with Crippen LogP contribution >= 0.6 is 34.5 Å². The number of anilines is 2. The topological polar surface area (TPSA) is 117 Å². The van der Waals surface area contributed by atoms with Gasteiger partial charge >= 0.3 is 5.82 Å². The van der Waals surface area contributed by atoms with Crippen LogP contribution in [0.4, 0.5) is 21.2 Å². The molecule has 0 amide bonds. The van der Waals surface area contributed by atoms with Gasteiger partial charge in [0.2, 0.25) is 5.13 Å². The molecular weight excluding hydrogens is 458 g/mol. The minimum absolute atomic E-state index is 0.0524. The largest absolute Gasteiger partial charge is 0.408 e. The summed E-state index contributed by atoms with van der Waals surface area (Å²) >= 11 is 13.1. The monoisotopic (exact) mass is 468 g/mol. The van der Waals surface area contributed by atoms with Crippen molar-refractivity contribution in [2.24, 2.45) is 0 Å². The maximum atomic E-state index is 13.9. The highest BCUT2D eigenvalue weighted by Gasteiger charge is 2.20. The third-order valence-electron chi connectivity index (χ3n) is 3.89. The molecule has 30 heavy (non-hydrogen) atoms. The number of nitrogens with one attached hydrogen (secondary N) is 1. The first-order valence-electron chi connectivity index (χ1n) is 8.32. The Bertz CT molecular complexity index is 1200. The zero-order valence-electron chi connectivity index (χ0n) is 14.9. The minimum atomic E-state index is -0.656. The Morgan fingerprint density at radius 3 is 2.70 bits per heavy atom. The van der Waals surface area contributed by atoms with Crippen LogP contribution in [0.5, 0.6) is 0 Å². The van der Waals surface area contributed by atoms with E-state index in [0.717, 1.165) is 0 Å². The molecule has 0 aliphatic rings. The summed E-state index contributed by atoms with van der Waals surface area (Å²) in [6.07, 6.45) is 3.03. The van der Waals surface area contributed by atoms with E-state index in [1.807, 2.05) is 0 Å². The van der Waals surface area contributed by atoms with E-state index >= 15 is 0 Å². The van der Waals surface area contributed by atoms with Crippen molar-refractivity contribution in [2.75, 3.05) is 5.32 Å². The molecule has 4 rings (SSSR count). The summed E-state index contributed by atoms with van der Waals surface area (Å²) < 4.78 is 16.8. The van der Waals surface area contributed by atoms with Crippen LogP contribution < -0.4 is 5.32 Å². The number of rotatable bonds is 7. The van der Waals surface area contributed by atoms with Crippen molar-refractivity contribution >= 4 is 51.3 Å². The van der Waals surface area contributed by atoms with E-state index in [4.69, 9.17) is 23.2 Å². The lowest BCUT2D eigenvalue weighted by Crippen LogP contribution is -2.04. The third kappa shape index (κ3) is 4.40. The van der Waals surface area contributed by atoms with Crippen LogP contribution in [0.25, 0.3) is 0 Å². The van der Waals surface area contributed by atoms with Crippen molar-refractivity contribution in [2.45, 2.75) is 13.1 Å². The highest BCUT2D eigenvalue weighted by Crippen LogP contribution is 2.25. The quantitative estimate of drug-likeness (QED) is 0.320. The molecular formula is C16H11Cl2FN8O2S. The minimum Gasteiger partial charge on any atom is -0.358 e. The smallest absolute Gasteiger partial charge is 0.358 e. The first-order valence-corrected chi connectivity index (χ1v) is 9.89. The fourth-order valence-electron chi connectivity index (χ4n) is 2.57. The van der Waals surface area contributed by atoms with Gasteiger partial charge in [-0.1, -0.05) is 40.6 Å². The molecule has 154 valence electrons. The van der Waals surface area contributed by atoms with Crippen molar-refractivity contribution in [3.05, 3.63) is 73.2 Å². The molecule has 4 aromatic rings. The van der Waals surface area contributed by atoms with E-state index < -0.39 is 16.6 Å². The second kappa shape index (κ2) is 8.34. The van der Waals surface area contributed by atoms with Gasteiger partial charge in [-0.2, -0.15) is 9.78 Å². The summed E-state index contributed by atoms with van der Waals surface area (Å²) in [5.74, 6) is -0.330. The van der Waals surface area contributed by atoms with Crippen LogP contribution in [0.1, 0.15) is 10.6 Å². The molecule has 3 aromatic heterocycles. The summed E-state index contributed by atoms with van der Waals surface area (Å²) in [4.78, 5) is 10.2. The van der Waals surface area contributed by atoms with E-state index in [-0.39, 0.29) is 18.1 Å². The molecule has 0 atom stereocenters. The molecule has 14 heteroatoms. The number of nitrogens with zero attached hydrogens (tertiary/aromatic N) is 7. The lowest BCUT2D eigenvalue weighted by molar-refractivity contribution is -0.389. The lowest BCUT2D eigenvalue weighted by atomic mass is 10.2. The van der Waals surface area contributed by atoms with Crippen molar-refractivity contribution in [3.8, 4) is 0 Å². The fourth-order valence-corrected chi connectivity index (χ4v) is 3.75. The average Bonchev–Trinajstić information content (AvgIpc) is 3.40. The predicted octanol–water partition coefficient (Wildman–Crippen LogP) is 4.13. The first kappa shape index (κ1) is 20.2. The number of nitro groups is 1. The molecule has 0 saturated heterocycles. The van der Waals surface area contributed by atoms with Gasteiger partial charge in [-0.15, -0.1) is 10.2 Å². The summed E-state index contributed by atoms with van der Waals surface area (Å²) in [6, 6.07) is 6.20. The van der Waals surface area contributed by atoms with E-state index in [2.05, 4.69) is 25.7 Å². The van der Waals surface area contributed by atoms with E-state index in [1.54, 1.807) is 29.1 Å². The lowest BCUT2D eigenvalue weighted by Gasteiger charge is -2.05. The molecule has 3 heterocycles.